The Balaban J connectivity index is 1.31. The van der Waals surface area contributed by atoms with Crippen molar-refractivity contribution in [1.82, 2.24) is 24.4 Å². The Morgan fingerprint density at radius 1 is 1.05 bits per heavy atom. The second-order valence-electron chi connectivity index (χ2n) is 10.1. The number of aliphatic hydroxyl groups is 1. The summed E-state index contributed by atoms with van der Waals surface area (Å²) in [6.45, 7) is 9.65. The normalized spacial score (nSPS) is 14.6. The number of aromatic nitrogens is 3. The molecular formula is C31H31F3N6O. The minimum atomic E-state index is -4.49. The average Bonchev–Trinajstić information content (AvgIpc) is 3.42. The maximum Gasteiger partial charge on any atom is 0.416 e. The number of hydrogen-bond donors (Lipinski definition) is 2. The van der Waals surface area contributed by atoms with Gasteiger partial charge in [-0.15, -0.1) is 0 Å². The van der Waals surface area contributed by atoms with Crippen LogP contribution in [0.4, 0.5) is 18.9 Å². The van der Waals surface area contributed by atoms with E-state index in [0.717, 1.165) is 41.5 Å². The molecule has 1 saturated heterocycles. The lowest BCUT2D eigenvalue weighted by Gasteiger charge is -2.34. The minimum absolute atomic E-state index is 0.0797. The summed E-state index contributed by atoms with van der Waals surface area (Å²) in [7, 11) is 0. The van der Waals surface area contributed by atoms with Crippen LogP contribution in [0.1, 0.15) is 33.4 Å². The molecule has 4 aromatic rings. The van der Waals surface area contributed by atoms with E-state index in [1.165, 1.54) is 6.07 Å². The van der Waals surface area contributed by atoms with E-state index < -0.39 is 11.7 Å². The number of rotatable bonds is 7. The van der Waals surface area contributed by atoms with Gasteiger partial charge in [0.05, 0.1) is 23.9 Å². The molecule has 10 heteroatoms. The zero-order valence-corrected chi connectivity index (χ0v) is 22.7. The number of benzene rings is 2. The van der Waals surface area contributed by atoms with Crippen LogP contribution >= 0.6 is 0 Å². The van der Waals surface area contributed by atoms with Crippen molar-refractivity contribution in [3.8, 4) is 11.8 Å². The fourth-order valence-corrected chi connectivity index (χ4v) is 4.81. The van der Waals surface area contributed by atoms with Crippen LogP contribution in [-0.4, -0.2) is 68.8 Å². The number of anilines is 1. The quantitative estimate of drug-likeness (QED) is 0.321. The average molecular weight is 561 g/mol. The van der Waals surface area contributed by atoms with Crippen molar-refractivity contribution in [2.24, 2.45) is 0 Å². The van der Waals surface area contributed by atoms with E-state index in [1.54, 1.807) is 35.2 Å². The molecule has 0 aliphatic carbocycles. The summed E-state index contributed by atoms with van der Waals surface area (Å²) in [6, 6.07) is 11.8. The third-order valence-electron chi connectivity index (χ3n) is 7.16. The molecule has 5 rings (SSSR count). The van der Waals surface area contributed by atoms with Gasteiger partial charge < -0.3 is 10.4 Å². The van der Waals surface area contributed by atoms with Gasteiger partial charge in [-0.05, 0) is 41.8 Å². The number of aryl methyl sites for hydroxylation is 1. The number of aliphatic hydroxyl groups excluding tert-OH is 1. The molecule has 7 nitrogen and oxygen atoms in total. The van der Waals surface area contributed by atoms with Crippen molar-refractivity contribution in [2.75, 3.05) is 44.6 Å². The first-order valence-corrected chi connectivity index (χ1v) is 13.3. The number of β-amino-alcohol motifs (C(OH)–C–C–N with tert-alkyl or cyclic N) is 1. The molecular weight excluding hydrogens is 529 g/mol. The standard InChI is InChI=1S/C31H31F3N6O/c1-22-3-5-26(17-25(22)6-4-24-19-35-30-9-10-36-40(30)20-24)23(2)37-28-8-7-27(29(18-28)31(32,33)34)21-39-13-11-38(12-14-39)15-16-41/h3,5,7-10,17-20,37,41H,2,11-16,21H2,1H3. The molecule has 41 heavy (non-hydrogen) atoms. The molecule has 0 unspecified atom stereocenters. The molecule has 0 amide bonds. The Morgan fingerprint density at radius 2 is 1.83 bits per heavy atom. The fraction of sp³-hybridized carbons (Fsp3) is 0.290. The number of alkyl halides is 3. The lowest BCUT2D eigenvalue weighted by Crippen LogP contribution is -2.46. The number of nitrogens with zero attached hydrogens (tertiary/aromatic N) is 5. The first-order chi connectivity index (χ1) is 19.7. The topological polar surface area (TPSA) is 68.9 Å². The van der Waals surface area contributed by atoms with Crippen LogP contribution in [0.5, 0.6) is 0 Å². The predicted octanol–water partition coefficient (Wildman–Crippen LogP) is 4.65. The van der Waals surface area contributed by atoms with E-state index in [9.17, 15) is 13.2 Å². The van der Waals surface area contributed by atoms with Crippen molar-refractivity contribution in [2.45, 2.75) is 19.6 Å². The van der Waals surface area contributed by atoms with Crippen LogP contribution in [0.2, 0.25) is 0 Å². The Labute approximate surface area is 236 Å². The van der Waals surface area contributed by atoms with Crippen molar-refractivity contribution >= 4 is 17.0 Å². The molecule has 2 aromatic carbocycles. The Kier molecular flexibility index (Phi) is 8.40. The van der Waals surface area contributed by atoms with E-state index in [0.29, 0.717) is 36.6 Å². The Morgan fingerprint density at radius 3 is 2.59 bits per heavy atom. The number of fused-ring (bicyclic) bond motifs is 1. The van der Waals surface area contributed by atoms with Crippen LogP contribution in [0, 0.1) is 18.8 Å². The number of hydrogen-bond acceptors (Lipinski definition) is 6. The monoisotopic (exact) mass is 560 g/mol. The number of nitrogens with one attached hydrogen (secondary N) is 1. The molecule has 212 valence electrons. The number of halogens is 3. The first kappa shape index (κ1) is 28.4. The third-order valence-corrected chi connectivity index (χ3v) is 7.16. The van der Waals surface area contributed by atoms with Gasteiger partial charge in [-0.1, -0.05) is 36.6 Å². The molecule has 0 saturated carbocycles. The van der Waals surface area contributed by atoms with Crippen LogP contribution in [-0.2, 0) is 12.7 Å². The fourth-order valence-electron chi connectivity index (χ4n) is 4.81. The van der Waals surface area contributed by atoms with Crippen LogP contribution < -0.4 is 5.32 Å². The van der Waals surface area contributed by atoms with E-state index in [2.05, 4.69) is 38.7 Å². The highest BCUT2D eigenvalue weighted by molar-refractivity contribution is 5.76. The van der Waals surface area contributed by atoms with E-state index in [1.807, 2.05) is 30.0 Å². The molecule has 1 aliphatic rings. The van der Waals surface area contributed by atoms with Gasteiger partial charge in [-0.3, -0.25) is 9.80 Å². The number of piperazine rings is 1. The van der Waals surface area contributed by atoms with Crippen molar-refractivity contribution in [1.29, 1.82) is 0 Å². The van der Waals surface area contributed by atoms with Gasteiger partial charge >= 0.3 is 6.18 Å². The molecule has 2 aromatic heterocycles. The zero-order chi connectivity index (χ0) is 29.0. The second-order valence-corrected chi connectivity index (χ2v) is 10.1. The van der Waals surface area contributed by atoms with Crippen molar-refractivity contribution in [3.05, 3.63) is 101 Å². The van der Waals surface area contributed by atoms with Gasteiger partial charge in [0.25, 0.3) is 0 Å². The summed E-state index contributed by atoms with van der Waals surface area (Å²) in [5.41, 5.74) is 4.24. The lowest BCUT2D eigenvalue weighted by molar-refractivity contribution is -0.138. The predicted molar refractivity (Wildman–Crippen MR) is 153 cm³/mol. The van der Waals surface area contributed by atoms with E-state index >= 15 is 0 Å². The second kappa shape index (κ2) is 12.1. The zero-order valence-electron chi connectivity index (χ0n) is 22.7. The molecule has 2 N–H and O–H groups in total. The molecule has 0 atom stereocenters. The summed E-state index contributed by atoms with van der Waals surface area (Å²) < 4.78 is 43.8. The molecule has 1 aliphatic heterocycles. The van der Waals surface area contributed by atoms with E-state index in [-0.39, 0.29) is 18.7 Å². The minimum Gasteiger partial charge on any atom is -0.395 e. The smallest absolute Gasteiger partial charge is 0.395 e. The van der Waals surface area contributed by atoms with Crippen LogP contribution in [0.3, 0.4) is 0 Å². The van der Waals surface area contributed by atoms with Crippen molar-refractivity contribution in [3.63, 3.8) is 0 Å². The van der Waals surface area contributed by atoms with Crippen LogP contribution in [0.15, 0.2) is 67.6 Å². The SMILES string of the molecule is C=C(Nc1ccc(CN2CCN(CCO)CC2)c(C(F)(F)F)c1)c1ccc(C)c(C#Cc2cnc3ccnn3c2)c1. The highest BCUT2D eigenvalue weighted by atomic mass is 19.4. The highest BCUT2D eigenvalue weighted by Crippen LogP contribution is 2.35. The summed E-state index contributed by atoms with van der Waals surface area (Å²) in [4.78, 5) is 8.45. The van der Waals surface area contributed by atoms with Crippen molar-refractivity contribution < 1.29 is 18.3 Å². The lowest BCUT2D eigenvalue weighted by atomic mass is 10.0. The largest absolute Gasteiger partial charge is 0.416 e. The molecule has 1 fully saturated rings. The van der Waals surface area contributed by atoms with Gasteiger partial charge in [-0.25, -0.2) is 9.50 Å². The third kappa shape index (κ3) is 6.95. The maximum atomic E-state index is 14.1. The molecule has 3 heterocycles. The first-order valence-electron chi connectivity index (χ1n) is 13.3. The van der Waals surface area contributed by atoms with Gasteiger partial charge in [-0.2, -0.15) is 18.3 Å². The Hall–Kier alpha value is -4.17. The molecule has 0 radical (unpaired) electrons. The Bertz CT molecular complexity index is 1610. The van der Waals surface area contributed by atoms with Gasteiger partial charge in [0.2, 0.25) is 0 Å². The van der Waals surface area contributed by atoms with Crippen LogP contribution in [0.25, 0.3) is 11.3 Å². The molecule has 0 spiro atoms. The van der Waals surface area contributed by atoms with Gasteiger partial charge in [0, 0.05) is 74.7 Å². The summed E-state index contributed by atoms with van der Waals surface area (Å²) in [5.74, 6) is 6.27. The summed E-state index contributed by atoms with van der Waals surface area (Å²) in [6.07, 6.45) is 0.657. The van der Waals surface area contributed by atoms with Gasteiger partial charge in [0.1, 0.15) is 0 Å². The maximum absolute atomic E-state index is 14.1. The van der Waals surface area contributed by atoms with Gasteiger partial charge in [0.15, 0.2) is 5.65 Å². The highest BCUT2D eigenvalue weighted by Gasteiger charge is 2.34. The summed E-state index contributed by atoms with van der Waals surface area (Å²) in [5, 5.41) is 16.3. The summed E-state index contributed by atoms with van der Waals surface area (Å²) >= 11 is 0. The van der Waals surface area contributed by atoms with E-state index in [4.69, 9.17) is 5.11 Å². The molecule has 0 bridgehead atoms.